The second kappa shape index (κ2) is 6.63. The summed E-state index contributed by atoms with van der Waals surface area (Å²) in [5, 5.41) is 11.7. The molecule has 1 aromatic rings. The molecule has 0 saturated heterocycles. The van der Waals surface area contributed by atoms with E-state index in [0.29, 0.717) is 5.69 Å². The van der Waals surface area contributed by atoms with Crippen molar-refractivity contribution in [1.82, 2.24) is 5.32 Å². The van der Waals surface area contributed by atoms with Crippen LogP contribution in [0.15, 0.2) is 18.2 Å². The number of ether oxygens (including phenoxy) is 1. The van der Waals surface area contributed by atoms with Crippen molar-refractivity contribution in [3.8, 4) is 5.75 Å². The number of carboxylic acids is 1. The van der Waals surface area contributed by atoms with Gasteiger partial charge < -0.3 is 20.9 Å². The highest BCUT2D eigenvalue weighted by Crippen LogP contribution is 2.22. The molecule has 0 bridgehead atoms. The van der Waals surface area contributed by atoms with Gasteiger partial charge >= 0.3 is 5.97 Å². The summed E-state index contributed by atoms with van der Waals surface area (Å²) in [6.07, 6.45) is 0.159. The fourth-order valence-electron chi connectivity index (χ4n) is 1.48. The van der Waals surface area contributed by atoms with E-state index in [1.807, 2.05) is 13.8 Å². The average molecular weight is 266 g/mol. The first-order valence-corrected chi connectivity index (χ1v) is 5.95. The molecule has 19 heavy (non-hydrogen) atoms. The zero-order valence-corrected chi connectivity index (χ0v) is 11.0. The lowest BCUT2D eigenvalue weighted by Gasteiger charge is -2.11. The largest absolute Gasteiger partial charge is 0.492 e. The number of anilines is 1. The Hall–Kier alpha value is -2.24. The van der Waals surface area contributed by atoms with Crippen LogP contribution in [-0.4, -0.2) is 29.6 Å². The molecule has 4 N–H and O–H groups in total. The minimum atomic E-state index is -1.10. The average Bonchev–Trinajstić information content (AvgIpc) is 2.27. The van der Waals surface area contributed by atoms with E-state index in [0.717, 1.165) is 0 Å². The maximum absolute atomic E-state index is 11.4. The minimum Gasteiger partial charge on any atom is -0.492 e. The van der Waals surface area contributed by atoms with E-state index in [4.69, 9.17) is 15.6 Å². The maximum Gasteiger partial charge on any atom is 0.339 e. The fourth-order valence-corrected chi connectivity index (χ4v) is 1.48. The van der Waals surface area contributed by atoms with Crippen LogP contribution >= 0.6 is 0 Å². The number of nitrogen functional groups attached to an aromatic ring is 1. The van der Waals surface area contributed by atoms with Gasteiger partial charge in [0.1, 0.15) is 11.3 Å². The molecule has 0 fully saturated rings. The molecule has 0 saturated carbocycles. The monoisotopic (exact) mass is 266 g/mol. The molecule has 0 aliphatic rings. The zero-order chi connectivity index (χ0) is 14.4. The quantitative estimate of drug-likeness (QED) is 0.673. The molecule has 6 nitrogen and oxygen atoms in total. The molecule has 0 aromatic heterocycles. The lowest BCUT2D eigenvalue weighted by Crippen LogP contribution is -2.31. The van der Waals surface area contributed by atoms with Gasteiger partial charge in [0.05, 0.1) is 13.0 Å². The maximum atomic E-state index is 11.4. The molecule has 104 valence electrons. The number of carboxylic acid groups (broad SMARTS) is 1. The number of nitrogens with two attached hydrogens (primary N) is 1. The highest BCUT2D eigenvalue weighted by atomic mass is 16.5. The van der Waals surface area contributed by atoms with Gasteiger partial charge in [-0.05, 0) is 26.0 Å². The van der Waals surface area contributed by atoms with Crippen molar-refractivity contribution in [2.45, 2.75) is 26.3 Å². The summed E-state index contributed by atoms with van der Waals surface area (Å²) in [6, 6.07) is 4.36. The minimum absolute atomic E-state index is 0.0264. The fraction of sp³-hybridized carbons (Fsp3) is 0.385. The van der Waals surface area contributed by atoms with Gasteiger partial charge in [-0.1, -0.05) is 0 Å². The number of benzene rings is 1. The number of carbonyl (C=O) groups excluding carboxylic acids is 1. The van der Waals surface area contributed by atoms with Crippen LogP contribution in [0.2, 0.25) is 0 Å². The van der Waals surface area contributed by atoms with Crippen molar-refractivity contribution in [2.75, 3.05) is 12.3 Å². The van der Waals surface area contributed by atoms with E-state index >= 15 is 0 Å². The Kier molecular flexibility index (Phi) is 5.17. The van der Waals surface area contributed by atoms with Crippen LogP contribution in [0, 0.1) is 0 Å². The van der Waals surface area contributed by atoms with Gasteiger partial charge in [0.15, 0.2) is 0 Å². The molecule has 1 amide bonds. The Bertz CT molecular complexity index is 472. The first-order valence-electron chi connectivity index (χ1n) is 5.95. The lowest BCUT2D eigenvalue weighted by molar-refractivity contribution is -0.122. The first kappa shape index (κ1) is 14.8. The van der Waals surface area contributed by atoms with E-state index in [2.05, 4.69) is 5.32 Å². The van der Waals surface area contributed by atoms with Crippen LogP contribution < -0.4 is 15.8 Å². The molecule has 0 unspecified atom stereocenters. The standard InChI is InChI=1S/C13H18N2O4/c1-8(2)15-12(16)5-6-19-11-7-9(14)3-4-10(11)13(17)18/h3-4,7-8H,5-6,14H2,1-2H3,(H,15,16)(H,17,18). The zero-order valence-electron chi connectivity index (χ0n) is 11.0. The van der Waals surface area contributed by atoms with Crippen LogP contribution in [0.5, 0.6) is 5.75 Å². The second-order valence-corrected chi connectivity index (χ2v) is 4.38. The number of amides is 1. The summed E-state index contributed by atoms with van der Waals surface area (Å²) in [6.45, 7) is 3.82. The van der Waals surface area contributed by atoms with E-state index in [1.165, 1.54) is 18.2 Å². The van der Waals surface area contributed by atoms with Crippen LogP contribution in [0.25, 0.3) is 0 Å². The highest BCUT2D eigenvalue weighted by Gasteiger charge is 2.12. The third kappa shape index (κ3) is 4.87. The van der Waals surface area contributed by atoms with Gasteiger partial charge in [0.25, 0.3) is 0 Å². The molecule has 1 rings (SSSR count). The van der Waals surface area contributed by atoms with E-state index < -0.39 is 5.97 Å². The third-order valence-electron chi connectivity index (χ3n) is 2.27. The van der Waals surface area contributed by atoms with E-state index in [-0.39, 0.29) is 36.3 Å². The number of carbonyl (C=O) groups is 2. The number of nitrogens with one attached hydrogen (secondary N) is 1. The van der Waals surface area contributed by atoms with Crippen molar-refractivity contribution >= 4 is 17.6 Å². The van der Waals surface area contributed by atoms with E-state index in [1.54, 1.807) is 0 Å². The highest BCUT2D eigenvalue weighted by molar-refractivity contribution is 5.91. The SMILES string of the molecule is CC(C)NC(=O)CCOc1cc(N)ccc1C(=O)O. The number of rotatable bonds is 6. The van der Waals surface area contributed by atoms with Crippen molar-refractivity contribution in [3.05, 3.63) is 23.8 Å². The van der Waals surface area contributed by atoms with Crippen molar-refractivity contribution in [1.29, 1.82) is 0 Å². The van der Waals surface area contributed by atoms with Crippen LogP contribution in [0.1, 0.15) is 30.6 Å². The van der Waals surface area contributed by atoms with Crippen LogP contribution in [-0.2, 0) is 4.79 Å². The van der Waals surface area contributed by atoms with Gasteiger partial charge in [0.2, 0.25) is 5.91 Å². The molecular weight excluding hydrogens is 248 g/mol. The molecule has 0 heterocycles. The smallest absolute Gasteiger partial charge is 0.339 e. The third-order valence-corrected chi connectivity index (χ3v) is 2.27. The first-order chi connectivity index (χ1) is 8.90. The Morgan fingerprint density at radius 1 is 1.42 bits per heavy atom. The molecule has 0 spiro atoms. The normalized spacial score (nSPS) is 10.3. The molecule has 6 heteroatoms. The second-order valence-electron chi connectivity index (χ2n) is 4.38. The predicted molar refractivity (Wildman–Crippen MR) is 71.2 cm³/mol. The molecular formula is C13H18N2O4. The number of hydrogen-bond acceptors (Lipinski definition) is 4. The predicted octanol–water partition coefficient (Wildman–Crippen LogP) is 1.26. The summed E-state index contributed by atoms with van der Waals surface area (Å²) in [7, 11) is 0. The molecule has 0 aliphatic carbocycles. The van der Waals surface area contributed by atoms with Crippen molar-refractivity contribution in [2.24, 2.45) is 0 Å². The lowest BCUT2D eigenvalue weighted by atomic mass is 10.2. The Balaban J connectivity index is 2.60. The Morgan fingerprint density at radius 3 is 2.68 bits per heavy atom. The topological polar surface area (TPSA) is 102 Å². The molecule has 0 radical (unpaired) electrons. The van der Waals surface area contributed by atoms with Gasteiger partial charge in [-0.25, -0.2) is 4.79 Å². The molecule has 1 aromatic carbocycles. The summed E-state index contributed by atoms with van der Waals surface area (Å²) in [5.74, 6) is -1.07. The number of aromatic carboxylic acids is 1. The van der Waals surface area contributed by atoms with Crippen LogP contribution in [0.4, 0.5) is 5.69 Å². The van der Waals surface area contributed by atoms with Crippen LogP contribution in [0.3, 0.4) is 0 Å². The van der Waals surface area contributed by atoms with Gasteiger partial charge in [-0.3, -0.25) is 4.79 Å². The molecule has 0 atom stereocenters. The summed E-state index contributed by atoms with van der Waals surface area (Å²) in [4.78, 5) is 22.4. The van der Waals surface area contributed by atoms with Gasteiger partial charge in [0, 0.05) is 17.8 Å². The Morgan fingerprint density at radius 2 is 2.11 bits per heavy atom. The Labute approximate surface area is 111 Å². The van der Waals surface area contributed by atoms with Gasteiger partial charge in [-0.15, -0.1) is 0 Å². The number of hydrogen-bond donors (Lipinski definition) is 3. The summed E-state index contributed by atoms with van der Waals surface area (Å²) >= 11 is 0. The van der Waals surface area contributed by atoms with Crippen molar-refractivity contribution in [3.63, 3.8) is 0 Å². The molecule has 0 aliphatic heterocycles. The summed E-state index contributed by atoms with van der Waals surface area (Å²) in [5.41, 5.74) is 6.01. The van der Waals surface area contributed by atoms with Gasteiger partial charge in [-0.2, -0.15) is 0 Å². The summed E-state index contributed by atoms with van der Waals surface area (Å²) < 4.78 is 5.31. The van der Waals surface area contributed by atoms with E-state index in [9.17, 15) is 9.59 Å². The van der Waals surface area contributed by atoms with Crippen molar-refractivity contribution < 1.29 is 19.4 Å².